The second kappa shape index (κ2) is 9.76. The van der Waals surface area contributed by atoms with Gasteiger partial charge < -0.3 is 10.2 Å². The Morgan fingerprint density at radius 3 is 2.46 bits per heavy atom. The van der Waals surface area contributed by atoms with Gasteiger partial charge in [-0.1, -0.05) is 72.3 Å². The molecule has 0 saturated heterocycles. The smallest absolute Gasteiger partial charge is 0.255 e. The second-order valence-electron chi connectivity index (χ2n) is 8.61. The van der Waals surface area contributed by atoms with Gasteiger partial charge in [0.2, 0.25) is 5.91 Å². The zero-order chi connectivity index (χ0) is 24.4. The molecule has 0 atom stereocenters. The summed E-state index contributed by atoms with van der Waals surface area (Å²) in [7, 11) is 0. The number of halogens is 1. The normalized spacial score (nSPS) is 12.9. The summed E-state index contributed by atoms with van der Waals surface area (Å²) < 4.78 is 1.40. The largest absolute Gasteiger partial charge is 0.350 e. The zero-order valence-corrected chi connectivity index (χ0v) is 19.8. The molecule has 2 amide bonds. The van der Waals surface area contributed by atoms with Crippen molar-refractivity contribution in [3.63, 3.8) is 0 Å². The van der Waals surface area contributed by atoms with Crippen LogP contribution in [-0.4, -0.2) is 27.8 Å². The highest BCUT2D eigenvalue weighted by Crippen LogP contribution is 2.23. The highest BCUT2D eigenvalue weighted by Gasteiger charge is 2.24. The molecule has 0 fully saturated rings. The molecular formula is C28H24ClN3O3. The van der Waals surface area contributed by atoms with Crippen LogP contribution < -0.4 is 10.9 Å². The Morgan fingerprint density at radius 2 is 1.63 bits per heavy atom. The van der Waals surface area contributed by atoms with Gasteiger partial charge in [-0.3, -0.25) is 19.0 Å². The van der Waals surface area contributed by atoms with Crippen molar-refractivity contribution in [1.82, 2.24) is 14.8 Å². The Balaban J connectivity index is 1.40. The number of pyridine rings is 1. The molecule has 0 spiro atoms. The van der Waals surface area contributed by atoms with E-state index in [2.05, 4.69) is 11.4 Å². The van der Waals surface area contributed by atoms with Crippen molar-refractivity contribution in [1.29, 1.82) is 0 Å². The molecule has 1 aliphatic heterocycles. The van der Waals surface area contributed by atoms with E-state index in [0.717, 1.165) is 17.5 Å². The third-order valence-electron chi connectivity index (χ3n) is 6.40. The van der Waals surface area contributed by atoms with Crippen LogP contribution in [0.4, 0.5) is 0 Å². The number of benzene rings is 3. The van der Waals surface area contributed by atoms with Crippen LogP contribution in [0.25, 0.3) is 10.9 Å². The molecule has 7 heteroatoms. The third-order valence-corrected chi connectivity index (χ3v) is 6.77. The van der Waals surface area contributed by atoms with Crippen molar-refractivity contribution in [2.24, 2.45) is 0 Å². The van der Waals surface area contributed by atoms with Gasteiger partial charge in [0.1, 0.15) is 6.54 Å². The van der Waals surface area contributed by atoms with E-state index in [-0.39, 0.29) is 24.9 Å². The van der Waals surface area contributed by atoms with E-state index >= 15 is 0 Å². The molecule has 0 aliphatic carbocycles. The number of para-hydroxylation sites is 1. The zero-order valence-electron chi connectivity index (χ0n) is 19.0. The molecule has 6 nitrogen and oxygen atoms in total. The van der Waals surface area contributed by atoms with Gasteiger partial charge >= 0.3 is 0 Å². The third kappa shape index (κ3) is 4.70. The van der Waals surface area contributed by atoms with Crippen LogP contribution in [0.3, 0.4) is 0 Å². The molecule has 176 valence electrons. The number of nitrogens with zero attached hydrogens (tertiary/aromatic N) is 2. The van der Waals surface area contributed by atoms with Crippen molar-refractivity contribution < 1.29 is 9.59 Å². The minimum atomic E-state index is -0.391. The van der Waals surface area contributed by atoms with Gasteiger partial charge in [0.25, 0.3) is 11.5 Å². The minimum absolute atomic E-state index is 0.157. The van der Waals surface area contributed by atoms with E-state index in [1.54, 1.807) is 23.1 Å². The highest BCUT2D eigenvalue weighted by molar-refractivity contribution is 6.31. The topological polar surface area (TPSA) is 71.4 Å². The van der Waals surface area contributed by atoms with Crippen molar-refractivity contribution >= 4 is 34.3 Å². The van der Waals surface area contributed by atoms with E-state index in [0.29, 0.717) is 34.6 Å². The van der Waals surface area contributed by atoms with Gasteiger partial charge in [-0.05, 0) is 35.2 Å². The molecule has 3 aromatic carbocycles. The number of amides is 2. The summed E-state index contributed by atoms with van der Waals surface area (Å²) in [5.41, 5.74) is 3.69. The highest BCUT2D eigenvalue weighted by atomic mass is 35.5. The van der Waals surface area contributed by atoms with Gasteiger partial charge in [-0.2, -0.15) is 0 Å². The SMILES string of the molecule is O=C(Cn1c(=O)cc(C(=O)N2CCc3ccccc3C2)c2ccccc21)NCc1ccccc1Cl. The molecule has 1 aromatic heterocycles. The van der Waals surface area contributed by atoms with Crippen molar-refractivity contribution in [2.45, 2.75) is 26.1 Å². The van der Waals surface area contributed by atoms with E-state index in [4.69, 9.17) is 11.6 Å². The first-order chi connectivity index (χ1) is 17.0. The Bertz CT molecular complexity index is 1490. The van der Waals surface area contributed by atoms with Crippen LogP contribution in [0.2, 0.25) is 5.02 Å². The standard InChI is InChI=1S/C28H24ClN3O3/c29-24-11-5-3-8-20(24)16-30-26(33)18-32-25-12-6-4-10-22(25)23(15-27(32)34)28(35)31-14-13-19-7-1-2-9-21(19)17-31/h1-12,15H,13-14,16-18H2,(H,30,33). The number of hydrogen-bond acceptors (Lipinski definition) is 3. The van der Waals surface area contributed by atoms with Crippen LogP contribution in [0.15, 0.2) is 83.7 Å². The van der Waals surface area contributed by atoms with Crippen LogP contribution in [-0.2, 0) is 30.8 Å². The summed E-state index contributed by atoms with van der Waals surface area (Å²) >= 11 is 6.17. The summed E-state index contributed by atoms with van der Waals surface area (Å²) in [6, 6.07) is 23.9. The van der Waals surface area contributed by atoms with Crippen LogP contribution in [0.5, 0.6) is 0 Å². The predicted octanol–water partition coefficient (Wildman–Crippen LogP) is 4.17. The first-order valence-electron chi connectivity index (χ1n) is 11.5. The van der Waals surface area contributed by atoms with Gasteiger partial charge in [-0.15, -0.1) is 0 Å². The number of aromatic nitrogens is 1. The van der Waals surface area contributed by atoms with Crippen LogP contribution in [0, 0.1) is 0 Å². The van der Waals surface area contributed by atoms with E-state index in [1.165, 1.54) is 16.2 Å². The molecule has 35 heavy (non-hydrogen) atoms. The monoisotopic (exact) mass is 485 g/mol. The van der Waals surface area contributed by atoms with Gasteiger partial charge in [0, 0.05) is 36.1 Å². The molecule has 4 aromatic rings. The van der Waals surface area contributed by atoms with Crippen molar-refractivity contribution in [2.75, 3.05) is 6.54 Å². The number of nitrogens with one attached hydrogen (secondary N) is 1. The van der Waals surface area contributed by atoms with Crippen molar-refractivity contribution in [3.05, 3.63) is 116 Å². The van der Waals surface area contributed by atoms with Gasteiger partial charge in [-0.25, -0.2) is 0 Å². The average Bonchev–Trinajstić information content (AvgIpc) is 2.89. The lowest BCUT2D eigenvalue weighted by molar-refractivity contribution is -0.121. The molecule has 0 saturated carbocycles. The Labute approximate surface area is 207 Å². The summed E-state index contributed by atoms with van der Waals surface area (Å²) in [5.74, 6) is -0.494. The Morgan fingerprint density at radius 1 is 0.914 bits per heavy atom. The maximum Gasteiger partial charge on any atom is 0.255 e. The van der Waals surface area contributed by atoms with Gasteiger partial charge in [0.05, 0.1) is 11.1 Å². The molecular weight excluding hydrogens is 462 g/mol. The Kier molecular flexibility index (Phi) is 6.38. The van der Waals surface area contributed by atoms with E-state index in [9.17, 15) is 14.4 Å². The fourth-order valence-corrected chi connectivity index (χ4v) is 4.75. The summed E-state index contributed by atoms with van der Waals surface area (Å²) in [6.45, 7) is 1.21. The fourth-order valence-electron chi connectivity index (χ4n) is 4.55. The lowest BCUT2D eigenvalue weighted by Crippen LogP contribution is -2.37. The number of hydrogen-bond donors (Lipinski definition) is 1. The molecule has 1 N–H and O–H groups in total. The lowest BCUT2D eigenvalue weighted by atomic mass is 9.98. The average molecular weight is 486 g/mol. The van der Waals surface area contributed by atoms with Crippen LogP contribution >= 0.6 is 11.6 Å². The Hall–Kier alpha value is -3.90. The second-order valence-corrected chi connectivity index (χ2v) is 9.02. The summed E-state index contributed by atoms with van der Waals surface area (Å²) in [4.78, 5) is 41.0. The van der Waals surface area contributed by atoms with Gasteiger partial charge in [0.15, 0.2) is 0 Å². The quantitative estimate of drug-likeness (QED) is 0.461. The number of rotatable bonds is 5. The number of carbonyl (C=O) groups is 2. The summed E-state index contributed by atoms with van der Waals surface area (Å²) in [6.07, 6.45) is 0.780. The molecule has 2 heterocycles. The van der Waals surface area contributed by atoms with E-state index in [1.807, 2.05) is 48.5 Å². The fraction of sp³-hybridized carbons (Fsp3) is 0.179. The molecule has 0 bridgehead atoms. The minimum Gasteiger partial charge on any atom is -0.350 e. The maximum atomic E-state index is 13.5. The number of fused-ring (bicyclic) bond motifs is 2. The first-order valence-corrected chi connectivity index (χ1v) is 11.9. The lowest BCUT2D eigenvalue weighted by Gasteiger charge is -2.29. The van der Waals surface area contributed by atoms with Crippen LogP contribution in [0.1, 0.15) is 27.0 Å². The predicted molar refractivity (Wildman–Crippen MR) is 136 cm³/mol. The summed E-state index contributed by atoms with van der Waals surface area (Å²) in [5, 5.41) is 4.04. The molecule has 0 unspecified atom stereocenters. The maximum absolute atomic E-state index is 13.5. The van der Waals surface area contributed by atoms with Crippen molar-refractivity contribution in [3.8, 4) is 0 Å². The molecule has 0 radical (unpaired) electrons. The van der Waals surface area contributed by atoms with E-state index < -0.39 is 5.56 Å². The molecule has 1 aliphatic rings. The number of carbonyl (C=O) groups excluding carboxylic acids is 2. The molecule has 5 rings (SSSR count). The first kappa shape index (κ1) is 22.9.